The fourth-order valence-electron chi connectivity index (χ4n) is 2.80. The fraction of sp³-hybridized carbons (Fsp3) is 0.556. The number of carbonyl (C=O) groups excluding carboxylic acids is 2. The second-order valence-corrected chi connectivity index (χ2v) is 7.14. The predicted octanol–water partition coefficient (Wildman–Crippen LogP) is 3.63. The third-order valence-corrected chi connectivity index (χ3v) is 4.88. The average molecular weight is 353 g/mol. The Morgan fingerprint density at radius 1 is 1.21 bits per heavy atom. The molecule has 1 saturated heterocycles. The molecule has 0 aromatic heterocycles. The molecule has 1 aromatic carbocycles. The van der Waals surface area contributed by atoms with Crippen molar-refractivity contribution in [1.82, 2.24) is 4.90 Å². The lowest BCUT2D eigenvalue weighted by Crippen LogP contribution is -2.49. The lowest BCUT2D eigenvalue weighted by Gasteiger charge is -2.33. The van der Waals surface area contributed by atoms with Crippen LogP contribution in [0, 0.1) is 12.3 Å². The van der Waals surface area contributed by atoms with Crippen LogP contribution in [0.2, 0.25) is 5.02 Å². The van der Waals surface area contributed by atoms with Gasteiger partial charge >= 0.3 is 0 Å². The summed E-state index contributed by atoms with van der Waals surface area (Å²) in [6, 6.07) is 3.41. The minimum absolute atomic E-state index is 0.135. The highest BCUT2D eigenvalue weighted by Crippen LogP contribution is 2.32. The van der Waals surface area contributed by atoms with Gasteiger partial charge < -0.3 is 15.0 Å². The molecular formula is C18H25ClN2O3. The largest absolute Gasteiger partial charge is 0.495 e. The third kappa shape index (κ3) is 3.83. The van der Waals surface area contributed by atoms with Crippen LogP contribution >= 0.6 is 11.6 Å². The number of piperidine rings is 1. The zero-order chi connectivity index (χ0) is 17.9. The second kappa shape index (κ2) is 7.43. The first-order chi connectivity index (χ1) is 11.3. The summed E-state index contributed by atoms with van der Waals surface area (Å²) >= 11 is 6.09. The molecule has 0 saturated carbocycles. The summed E-state index contributed by atoms with van der Waals surface area (Å²) in [7, 11) is 1.51. The van der Waals surface area contributed by atoms with E-state index in [4.69, 9.17) is 16.3 Å². The normalized spacial score (nSPS) is 15.1. The number of rotatable bonds is 4. The summed E-state index contributed by atoms with van der Waals surface area (Å²) in [5.41, 5.74) is 0.201. The van der Waals surface area contributed by atoms with Gasteiger partial charge in [0.25, 0.3) is 0 Å². The minimum atomic E-state index is -1.14. The maximum Gasteiger partial charge on any atom is 0.239 e. The van der Waals surface area contributed by atoms with Gasteiger partial charge in [-0.05, 0) is 51.7 Å². The Bertz CT molecular complexity index is 637. The molecule has 1 aliphatic heterocycles. The van der Waals surface area contributed by atoms with E-state index in [-0.39, 0.29) is 11.8 Å². The summed E-state index contributed by atoms with van der Waals surface area (Å²) in [4.78, 5) is 27.3. The van der Waals surface area contributed by atoms with Gasteiger partial charge in [-0.2, -0.15) is 0 Å². The van der Waals surface area contributed by atoms with Gasteiger partial charge in [0.1, 0.15) is 11.2 Å². The van der Waals surface area contributed by atoms with Crippen LogP contribution in [0.3, 0.4) is 0 Å². The zero-order valence-electron chi connectivity index (χ0n) is 14.7. The van der Waals surface area contributed by atoms with Gasteiger partial charge in [0.05, 0.1) is 12.8 Å². The number of anilines is 1. The number of benzene rings is 1. The van der Waals surface area contributed by atoms with Crippen LogP contribution in [-0.2, 0) is 9.59 Å². The van der Waals surface area contributed by atoms with Crippen LogP contribution < -0.4 is 10.1 Å². The number of aryl methyl sites for hydroxylation is 1. The third-order valence-electron chi connectivity index (χ3n) is 4.47. The highest BCUT2D eigenvalue weighted by molar-refractivity contribution is 6.31. The van der Waals surface area contributed by atoms with Crippen molar-refractivity contribution in [1.29, 1.82) is 0 Å². The van der Waals surface area contributed by atoms with E-state index in [1.807, 2.05) is 6.92 Å². The van der Waals surface area contributed by atoms with E-state index in [9.17, 15) is 9.59 Å². The number of halogens is 1. The van der Waals surface area contributed by atoms with Gasteiger partial charge in [0, 0.05) is 24.2 Å². The molecule has 0 aliphatic carbocycles. The monoisotopic (exact) mass is 352 g/mol. The lowest BCUT2D eigenvalue weighted by atomic mass is 9.89. The van der Waals surface area contributed by atoms with Crippen molar-refractivity contribution >= 4 is 29.1 Å². The van der Waals surface area contributed by atoms with E-state index in [0.29, 0.717) is 16.5 Å². The van der Waals surface area contributed by atoms with Crippen molar-refractivity contribution in [3.63, 3.8) is 0 Å². The summed E-state index contributed by atoms with van der Waals surface area (Å²) in [6.45, 7) is 6.61. The number of hydrogen-bond donors (Lipinski definition) is 1. The Hall–Kier alpha value is -1.75. The van der Waals surface area contributed by atoms with Crippen molar-refractivity contribution in [2.45, 2.75) is 40.0 Å². The van der Waals surface area contributed by atoms with Crippen LogP contribution in [0.1, 0.15) is 38.7 Å². The summed E-state index contributed by atoms with van der Waals surface area (Å²) < 4.78 is 5.28. The molecule has 0 radical (unpaired) electrons. The van der Waals surface area contributed by atoms with E-state index in [1.54, 1.807) is 30.9 Å². The van der Waals surface area contributed by atoms with Gasteiger partial charge in [-0.25, -0.2) is 0 Å². The number of amides is 2. The van der Waals surface area contributed by atoms with Gasteiger partial charge in [0.15, 0.2) is 0 Å². The Morgan fingerprint density at radius 3 is 2.42 bits per heavy atom. The summed E-state index contributed by atoms with van der Waals surface area (Å²) in [6.07, 6.45) is 3.12. The van der Waals surface area contributed by atoms with Crippen molar-refractivity contribution in [3.05, 3.63) is 22.7 Å². The molecule has 6 heteroatoms. The molecular weight excluding hydrogens is 328 g/mol. The molecule has 24 heavy (non-hydrogen) atoms. The number of methoxy groups -OCH3 is 1. The fourth-order valence-corrected chi connectivity index (χ4v) is 2.95. The van der Waals surface area contributed by atoms with Gasteiger partial charge in [-0.3, -0.25) is 9.59 Å². The molecule has 1 aliphatic rings. The molecule has 1 aromatic rings. The summed E-state index contributed by atoms with van der Waals surface area (Å²) in [5.74, 6) is -0.0115. The maximum absolute atomic E-state index is 12.7. The first-order valence-corrected chi connectivity index (χ1v) is 8.60. The molecule has 2 rings (SSSR count). The Labute approximate surface area is 148 Å². The van der Waals surface area contributed by atoms with Crippen LogP contribution in [0.5, 0.6) is 5.75 Å². The van der Waals surface area contributed by atoms with Gasteiger partial charge in [-0.1, -0.05) is 11.6 Å². The number of nitrogens with one attached hydrogen (secondary N) is 1. The van der Waals surface area contributed by atoms with Gasteiger partial charge in [0.2, 0.25) is 11.8 Å². The zero-order valence-corrected chi connectivity index (χ0v) is 15.5. The lowest BCUT2D eigenvalue weighted by molar-refractivity contribution is -0.147. The number of nitrogens with zero attached hydrogens (tertiary/aromatic N) is 1. The van der Waals surface area contributed by atoms with E-state index >= 15 is 0 Å². The van der Waals surface area contributed by atoms with E-state index in [0.717, 1.165) is 37.9 Å². The maximum atomic E-state index is 12.7. The number of likely N-dealkylation sites (tertiary alicyclic amines) is 1. The minimum Gasteiger partial charge on any atom is -0.495 e. The Morgan fingerprint density at radius 2 is 1.83 bits per heavy atom. The van der Waals surface area contributed by atoms with Crippen LogP contribution in [0.4, 0.5) is 5.69 Å². The molecule has 0 unspecified atom stereocenters. The van der Waals surface area contributed by atoms with Crippen molar-refractivity contribution in [3.8, 4) is 5.75 Å². The molecule has 2 amide bonds. The average Bonchev–Trinajstić information content (AvgIpc) is 2.57. The molecule has 1 heterocycles. The molecule has 0 bridgehead atoms. The quantitative estimate of drug-likeness (QED) is 0.842. The van der Waals surface area contributed by atoms with Gasteiger partial charge in [-0.15, -0.1) is 0 Å². The van der Waals surface area contributed by atoms with E-state index in [2.05, 4.69) is 5.32 Å². The summed E-state index contributed by atoms with van der Waals surface area (Å²) in [5, 5.41) is 3.38. The molecule has 1 N–H and O–H groups in total. The Kier molecular flexibility index (Phi) is 5.75. The number of carbonyl (C=O) groups is 2. The smallest absolute Gasteiger partial charge is 0.239 e. The molecule has 5 nitrogen and oxygen atoms in total. The van der Waals surface area contributed by atoms with E-state index < -0.39 is 5.41 Å². The number of hydrogen-bond acceptors (Lipinski definition) is 3. The van der Waals surface area contributed by atoms with Crippen molar-refractivity contribution in [2.75, 3.05) is 25.5 Å². The topological polar surface area (TPSA) is 58.6 Å². The SMILES string of the molecule is COc1cc(Cl)c(C)cc1NC(=O)C(C)(C)C(=O)N1CCCCC1. The standard InChI is InChI=1S/C18H25ClN2O3/c1-12-10-14(15(24-4)11-13(12)19)20-16(22)18(2,3)17(23)21-8-6-5-7-9-21/h10-11H,5-9H2,1-4H3,(H,20,22). The Balaban J connectivity index is 2.18. The second-order valence-electron chi connectivity index (χ2n) is 6.73. The highest BCUT2D eigenvalue weighted by Gasteiger charge is 2.39. The first kappa shape index (κ1) is 18.6. The molecule has 0 atom stereocenters. The highest BCUT2D eigenvalue weighted by atomic mass is 35.5. The molecule has 1 fully saturated rings. The first-order valence-electron chi connectivity index (χ1n) is 8.22. The van der Waals surface area contributed by atoms with E-state index in [1.165, 1.54) is 7.11 Å². The number of ether oxygens (including phenoxy) is 1. The molecule has 0 spiro atoms. The van der Waals surface area contributed by atoms with Crippen LogP contribution in [0.25, 0.3) is 0 Å². The predicted molar refractivity (Wildman–Crippen MR) is 95.6 cm³/mol. The van der Waals surface area contributed by atoms with Crippen LogP contribution in [-0.4, -0.2) is 36.9 Å². The van der Waals surface area contributed by atoms with Crippen molar-refractivity contribution < 1.29 is 14.3 Å². The van der Waals surface area contributed by atoms with Crippen molar-refractivity contribution in [2.24, 2.45) is 5.41 Å². The molecule has 132 valence electrons. The van der Waals surface area contributed by atoms with Crippen LogP contribution in [0.15, 0.2) is 12.1 Å².